The molecule has 0 aromatic heterocycles. The van der Waals surface area contributed by atoms with E-state index >= 15 is 0 Å². The van der Waals surface area contributed by atoms with Crippen molar-refractivity contribution in [3.05, 3.63) is 38.9 Å². The molecule has 124 valence electrons. The van der Waals surface area contributed by atoms with Crippen LogP contribution in [0.3, 0.4) is 0 Å². The highest BCUT2D eigenvalue weighted by Gasteiger charge is 2.17. The average Bonchev–Trinajstić information content (AvgIpc) is 2.51. The molecule has 0 unspecified atom stereocenters. The van der Waals surface area contributed by atoms with Gasteiger partial charge in [0, 0.05) is 11.6 Å². The van der Waals surface area contributed by atoms with Gasteiger partial charge in [-0.3, -0.25) is 19.7 Å². The molecule has 0 saturated carbocycles. The molecule has 0 aliphatic rings. The molecular weight excluding hydrogens is 332 g/mol. The van der Waals surface area contributed by atoms with E-state index in [2.05, 4.69) is 14.8 Å². The summed E-state index contributed by atoms with van der Waals surface area (Å²) in [5, 5.41) is 12.8. The molecule has 10 heteroatoms. The predicted octanol–water partition coefficient (Wildman–Crippen LogP) is 1.08. The largest absolute Gasteiger partial charge is 0.463 e. The van der Waals surface area contributed by atoms with Crippen LogP contribution in [0.4, 0.5) is 5.69 Å². The van der Waals surface area contributed by atoms with Gasteiger partial charge in [0.15, 0.2) is 6.61 Å². The number of benzene rings is 1. The first-order valence-corrected chi connectivity index (χ1v) is 6.76. The first kappa shape index (κ1) is 18.4. The Labute approximate surface area is 135 Å². The lowest BCUT2D eigenvalue weighted by Gasteiger charge is -2.06. The summed E-state index contributed by atoms with van der Waals surface area (Å²) in [5.74, 6) is -2.28. The topological polar surface area (TPSA) is 125 Å². The first-order chi connectivity index (χ1) is 10.8. The lowest BCUT2D eigenvalue weighted by molar-refractivity contribution is -0.384. The smallest absolute Gasteiger partial charge is 0.344 e. The molecule has 1 rings (SSSR count). The number of nitrogens with one attached hydrogen (secondary N) is 1. The zero-order chi connectivity index (χ0) is 17.4. The fourth-order valence-electron chi connectivity index (χ4n) is 1.44. The van der Waals surface area contributed by atoms with E-state index in [9.17, 15) is 24.5 Å². The van der Waals surface area contributed by atoms with Gasteiger partial charge in [-0.2, -0.15) is 0 Å². The van der Waals surface area contributed by atoms with Gasteiger partial charge in [-0.25, -0.2) is 4.79 Å². The Morgan fingerprint density at radius 2 is 1.96 bits per heavy atom. The van der Waals surface area contributed by atoms with Gasteiger partial charge in [0.1, 0.15) is 11.6 Å². The summed E-state index contributed by atoms with van der Waals surface area (Å²) >= 11 is 5.63. The van der Waals surface area contributed by atoms with Crippen LogP contribution in [0.5, 0.6) is 0 Å². The monoisotopic (exact) mass is 344 g/mol. The zero-order valence-corrected chi connectivity index (χ0v) is 12.8. The molecule has 1 amide bonds. The summed E-state index contributed by atoms with van der Waals surface area (Å²) in [7, 11) is 0. The van der Waals surface area contributed by atoms with Gasteiger partial charge < -0.3 is 14.8 Å². The number of hydrogen-bond acceptors (Lipinski definition) is 7. The minimum atomic E-state index is -0.852. The van der Waals surface area contributed by atoms with E-state index in [0.29, 0.717) is 0 Å². The summed E-state index contributed by atoms with van der Waals surface area (Å²) in [4.78, 5) is 44.1. The van der Waals surface area contributed by atoms with Gasteiger partial charge in [0.2, 0.25) is 0 Å². The van der Waals surface area contributed by atoms with Crippen LogP contribution in [0.1, 0.15) is 17.3 Å². The van der Waals surface area contributed by atoms with E-state index in [1.165, 1.54) is 12.1 Å². The number of esters is 2. The van der Waals surface area contributed by atoms with Crippen LogP contribution in [0, 0.1) is 10.1 Å². The second kappa shape index (κ2) is 8.69. The summed E-state index contributed by atoms with van der Waals surface area (Å²) in [6.45, 7) is 0.692. The zero-order valence-electron chi connectivity index (χ0n) is 12.0. The number of carbonyl (C=O) groups excluding carboxylic acids is 3. The Balaban J connectivity index is 2.54. The minimum absolute atomic E-state index is 0.0423. The number of carbonyl (C=O) groups is 3. The molecule has 1 aromatic rings. The molecule has 9 nitrogen and oxygen atoms in total. The maximum Gasteiger partial charge on any atom is 0.344 e. The number of nitrogens with zero attached hydrogens (tertiary/aromatic N) is 1. The predicted molar refractivity (Wildman–Crippen MR) is 78.0 cm³/mol. The normalized spacial score (nSPS) is 9.83. The highest BCUT2D eigenvalue weighted by Crippen LogP contribution is 2.24. The van der Waals surface area contributed by atoms with Gasteiger partial charge in [0.25, 0.3) is 11.6 Å². The van der Waals surface area contributed by atoms with Crippen LogP contribution >= 0.6 is 11.6 Å². The molecule has 0 aliphatic carbocycles. The average molecular weight is 345 g/mol. The van der Waals surface area contributed by atoms with Crippen molar-refractivity contribution in [2.75, 3.05) is 19.8 Å². The number of hydrogen-bond donors (Lipinski definition) is 1. The number of nitro groups is 1. The molecule has 23 heavy (non-hydrogen) atoms. The number of rotatable bonds is 7. The van der Waals surface area contributed by atoms with Crippen molar-refractivity contribution < 1.29 is 28.8 Å². The fourth-order valence-corrected chi connectivity index (χ4v) is 1.63. The lowest BCUT2D eigenvalue weighted by Crippen LogP contribution is -2.31. The van der Waals surface area contributed by atoms with Crippen LogP contribution in [0.15, 0.2) is 18.2 Å². The van der Waals surface area contributed by atoms with Crippen molar-refractivity contribution in [2.45, 2.75) is 6.92 Å². The molecule has 0 aliphatic heterocycles. The third-order valence-electron chi connectivity index (χ3n) is 2.45. The summed E-state index contributed by atoms with van der Waals surface area (Å²) in [6.07, 6.45) is 0. The van der Waals surface area contributed by atoms with Crippen LogP contribution < -0.4 is 5.32 Å². The second-order valence-corrected chi connectivity index (χ2v) is 4.48. The Kier molecular flexibility index (Phi) is 6.94. The third-order valence-corrected chi connectivity index (χ3v) is 2.77. The van der Waals surface area contributed by atoms with Gasteiger partial charge in [0.05, 0.1) is 11.5 Å². The maximum absolute atomic E-state index is 11.8. The van der Waals surface area contributed by atoms with E-state index < -0.39 is 41.6 Å². The van der Waals surface area contributed by atoms with Crippen LogP contribution in [0.2, 0.25) is 5.02 Å². The maximum atomic E-state index is 11.8. The summed E-state index contributed by atoms with van der Waals surface area (Å²) < 4.78 is 9.12. The molecule has 0 spiro atoms. The molecule has 0 bridgehead atoms. The van der Waals surface area contributed by atoms with Crippen LogP contribution in [-0.4, -0.2) is 42.5 Å². The van der Waals surface area contributed by atoms with Gasteiger partial charge in [-0.15, -0.1) is 0 Å². The third kappa shape index (κ3) is 5.91. The summed E-state index contributed by atoms with van der Waals surface area (Å²) in [6, 6.07) is 3.46. The first-order valence-electron chi connectivity index (χ1n) is 6.38. The van der Waals surface area contributed by atoms with Gasteiger partial charge in [-0.1, -0.05) is 11.6 Å². The lowest BCUT2D eigenvalue weighted by atomic mass is 10.2. The Bertz CT molecular complexity index is 633. The SMILES string of the molecule is CCOC(=O)COC(=O)CNC(=O)c1ccc(Cl)c([N+](=O)[O-])c1. The molecule has 0 radical (unpaired) electrons. The Morgan fingerprint density at radius 3 is 2.57 bits per heavy atom. The van der Waals surface area contributed by atoms with E-state index in [0.717, 1.165) is 6.07 Å². The van der Waals surface area contributed by atoms with E-state index in [1.54, 1.807) is 6.92 Å². The van der Waals surface area contributed by atoms with Crippen molar-refractivity contribution in [1.29, 1.82) is 0 Å². The number of halogens is 1. The molecule has 0 heterocycles. The van der Waals surface area contributed by atoms with Crippen molar-refractivity contribution in [3.63, 3.8) is 0 Å². The van der Waals surface area contributed by atoms with Crippen LogP contribution in [-0.2, 0) is 19.1 Å². The van der Waals surface area contributed by atoms with Gasteiger partial charge >= 0.3 is 11.9 Å². The van der Waals surface area contributed by atoms with Crippen LogP contribution in [0.25, 0.3) is 0 Å². The van der Waals surface area contributed by atoms with Gasteiger partial charge in [-0.05, 0) is 19.1 Å². The van der Waals surface area contributed by atoms with Crippen molar-refractivity contribution >= 4 is 35.1 Å². The highest BCUT2D eigenvalue weighted by atomic mass is 35.5. The second-order valence-electron chi connectivity index (χ2n) is 4.07. The van der Waals surface area contributed by atoms with E-state index in [1.807, 2.05) is 0 Å². The standard InChI is InChI=1S/C13H13ClN2O7/c1-2-22-12(18)7-23-11(17)6-15-13(19)8-3-4-9(14)10(5-8)16(20)21/h3-5H,2,6-7H2,1H3,(H,15,19). The minimum Gasteiger partial charge on any atom is -0.463 e. The van der Waals surface area contributed by atoms with E-state index in [4.69, 9.17) is 11.6 Å². The fraction of sp³-hybridized carbons (Fsp3) is 0.308. The summed E-state index contributed by atoms with van der Waals surface area (Å²) in [5.41, 5.74) is -0.469. The Morgan fingerprint density at radius 1 is 1.26 bits per heavy atom. The molecule has 1 N–H and O–H groups in total. The number of ether oxygens (including phenoxy) is 2. The molecule has 0 saturated heterocycles. The van der Waals surface area contributed by atoms with Crippen molar-refractivity contribution in [2.24, 2.45) is 0 Å². The van der Waals surface area contributed by atoms with Crippen molar-refractivity contribution in [3.8, 4) is 0 Å². The number of nitro benzene ring substituents is 1. The van der Waals surface area contributed by atoms with E-state index in [-0.39, 0.29) is 17.2 Å². The molecule has 0 fully saturated rings. The molecule has 1 aromatic carbocycles. The highest BCUT2D eigenvalue weighted by molar-refractivity contribution is 6.32. The molecular formula is C13H13ClN2O7. The number of amides is 1. The molecule has 0 atom stereocenters. The quantitative estimate of drug-likeness (QED) is 0.445. The van der Waals surface area contributed by atoms with Crippen molar-refractivity contribution in [1.82, 2.24) is 5.32 Å². The Hall–Kier alpha value is -2.68.